The van der Waals surface area contributed by atoms with Crippen LogP contribution in [-0.4, -0.2) is 55.3 Å². The summed E-state index contributed by atoms with van der Waals surface area (Å²) >= 11 is 1.19. The van der Waals surface area contributed by atoms with Crippen LogP contribution in [0.25, 0.3) is 15.2 Å². The summed E-state index contributed by atoms with van der Waals surface area (Å²) in [7, 11) is 1.43. The van der Waals surface area contributed by atoms with E-state index in [1.807, 2.05) is 0 Å². The molecule has 2 N–H and O–H groups in total. The lowest BCUT2D eigenvalue weighted by atomic mass is 10.1. The molecule has 4 rings (SSSR count). The van der Waals surface area contributed by atoms with Crippen LogP contribution in [0.3, 0.4) is 0 Å². The van der Waals surface area contributed by atoms with Gasteiger partial charge in [0.2, 0.25) is 5.91 Å². The van der Waals surface area contributed by atoms with Crippen LogP contribution in [0.1, 0.15) is 57.9 Å². The number of halogens is 1. The predicted molar refractivity (Wildman–Crippen MR) is 158 cm³/mol. The highest BCUT2D eigenvalue weighted by Gasteiger charge is 2.29. The standard InChI is InChI=1S/C29H36FN5O6S/c1-16(2)32-24(36)18(4)35-25(37)23-17(3)26(34-12-8-11-31-34)42-27(23)33(28(35)38)14-22(41-15-29(5,6)39)20-13-19(30)9-10-21(20)40-7/h8-13,16,18,22,39H,14-15H2,1-7H3,(H,32,36)/t18?,22-/m0/s1. The minimum absolute atomic E-state index is 0.149. The van der Waals surface area contributed by atoms with Gasteiger partial charge in [0, 0.05) is 29.6 Å². The van der Waals surface area contributed by atoms with E-state index >= 15 is 0 Å². The molecule has 3 aromatic heterocycles. The number of aliphatic hydroxyl groups is 1. The maximum absolute atomic E-state index is 14.5. The zero-order valence-corrected chi connectivity index (χ0v) is 25.5. The Bertz CT molecular complexity index is 1700. The van der Waals surface area contributed by atoms with Crippen molar-refractivity contribution < 1.29 is 23.8 Å². The fourth-order valence-electron chi connectivity index (χ4n) is 4.65. The quantitative estimate of drug-likeness (QED) is 0.269. The molecule has 0 aliphatic carbocycles. The molecule has 1 amide bonds. The fraction of sp³-hybridized carbons (Fsp3) is 0.448. The highest BCUT2D eigenvalue weighted by atomic mass is 32.1. The van der Waals surface area contributed by atoms with E-state index in [1.165, 1.54) is 48.1 Å². The van der Waals surface area contributed by atoms with Crippen LogP contribution in [0.4, 0.5) is 4.39 Å². The summed E-state index contributed by atoms with van der Waals surface area (Å²) < 4.78 is 30.0. The van der Waals surface area contributed by atoms with Gasteiger partial charge in [0.05, 0.1) is 31.2 Å². The highest BCUT2D eigenvalue weighted by Crippen LogP contribution is 2.34. The van der Waals surface area contributed by atoms with Crippen molar-refractivity contribution in [3.63, 3.8) is 0 Å². The van der Waals surface area contributed by atoms with E-state index in [9.17, 15) is 23.9 Å². The van der Waals surface area contributed by atoms with Gasteiger partial charge in [-0.2, -0.15) is 5.10 Å². The van der Waals surface area contributed by atoms with Crippen molar-refractivity contribution in [1.82, 2.24) is 24.2 Å². The summed E-state index contributed by atoms with van der Waals surface area (Å²) in [6, 6.07) is 4.34. The third-order valence-electron chi connectivity index (χ3n) is 6.65. The van der Waals surface area contributed by atoms with Crippen LogP contribution < -0.4 is 21.3 Å². The molecule has 2 atom stereocenters. The molecule has 0 aliphatic heterocycles. The molecule has 0 spiro atoms. The maximum Gasteiger partial charge on any atom is 0.332 e. The van der Waals surface area contributed by atoms with Gasteiger partial charge in [-0.1, -0.05) is 11.3 Å². The predicted octanol–water partition coefficient (Wildman–Crippen LogP) is 3.48. The zero-order valence-electron chi connectivity index (χ0n) is 24.7. The summed E-state index contributed by atoms with van der Waals surface area (Å²) in [6.45, 7) is 9.61. The minimum Gasteiger partial charge on any atom is -0.496 e. The largest absolute Gasteiger partial charge is 0.496 e. The third-order valence-corrected chi connectivity index (χ3v) is 7.96. The first-order valence-electron chi connectivity index (χ1n) is 13.5. The number of fused-ring (bicyclic) bond motifs is 1. The SMILES string of the molecule is COc1ccc(F)cc1[C@H](Cn1c(=O)n(C(C)C(=O)NC(C)C)c(=O)c2c(C)c(-n3cccn3)sc21)OCC(C)(C)O. The number of nitrogens with one attached hydrogen (secondary N) is 1. The topological polar surface area (TPSA) is 130 Å². The van der Waals surface area contributed by atoms with Crippen molar-refractivity contribution in [2.75, 3.05) is 13.7 Å². The molecule has 0 saturated heterocycles. The van der Waals surface area contributed by atoms with Crippen molar-refractivity contribution in [2.24, 2.45) is 0 Å². The Kier molecular flexibility index (Phi) is 9.04. The van der Waals surface area contributed by atoms with E-state index in [1.54, 1.807) is 57.8 Å². The first-order chi connectivity index (χ1) is 19.7. The molecule has 1 aromatic carbocycles. The van der Waals surface area contributed by atoms with Crippen molar-refractivity contribution in [3.8, 4) is 10.8 Å². The summed E-state index contributed by atoms with van der Waals surface area (Å²) in [4.78, 5) is 41.4. The smallest absolute Gasteiger partial charge is 0.332 e. The van der Waals surface area contributed by atoms with E-state index in [4.69, 9.17) is 9.47 Å². The van der Waals surface area contributed by atoms with Crippen LogP contribution in [0.5, 0.6) is 5.75 Å². The molecule has 11 nitrogen and oxygen atoms in total. The first kappa shape index (κ1) is 31.1. The second-order valence-corrected chi connectivity index (χ2v) is 12.0. The van der Waals surface area contributed by atoms with Gasteiger partial charge in [-0.05, 0) is 65.8 Å². The van der Waals surface area contributed by atoms with Gasteiger partial charge in [-0.25, -0.2) is 18.4 Å². The minimum atomic E-state index is -1.24. The molecule has 226 valence electrons. The monoisotopic (exact) mass is 601 g/mol. The Morgan fingerprint density at radius 3 is 2.55 bits per heavy atom. The number of carbonyl (C=O) groups is 1. The Hall–Kier alpha value is -3.81. The van der Waals surface area contributed by atoms with Crippen molar-refractivity contribution in [1.29, 1.82) is 0 Å². The number of ether oxygens (including phenoxy) is 2. The molecular formula is C29H36FN5O6S. The number of aryl methyl sites for hydroxylation is 1. The van der Waals surface area contributed by atoms with Crippen LogP contribution in [0, 0.1) is 12.7 Å². The van der Waals surface area contributed by atoms with Crippen LogP contribution in [0.15, 0.2) is 46.2 Å². The molecule has 0 saturated carbocycles. The molecule has 0 aliphatic rings. The number of carbonyl (C=O) groups excluding carboxylic acids is 1. The van der Waals surface area contributed by atoms with Gasteiger partial charge in [-0.15, -0.1) is 0 Å². The van der Waals surface area contributed by atoms with Crippen LogP contribution >= 0.6 is 11.3 Å². The van der Waals surface area contributed by atoms with Gasteiger partial charge in [0.1, 0.15) is 33.5 Å². The summed E-state index contributed by atoms with van der Waals surface area (Å²) in [5.74, 6) is -0.715. The summed E-state index contributed by atoms with van der Waals surface area (Å²) in [5, 5.41) is 18.4. The van der Waals surface area contributed by atoms with Crippen molar-refractivity contribution in [2.45, 2.75) is 71.9 Å². The second-order valence-electron chi connectivity index (χ2n) is 11.1. The van der Waals surface area contributed by atoms with Gasteiger partial charge >= 0.3 is 5.69 Å². The van der Waals surface area contributed by atoms with Gasteiger partial charge in [0.25, 0.3) is 5.56 Å². The molecule has 0 bridgehead atoms. The highest BCUT2D eigenvalue weighted by molar-refractivity contribution is 7.21. The average molecular weight is 602 g/mol. The Morgan fingerprint density at radius 1 is 1.24 bits per heavy atom. The number of aromatic nitrogens is 4. The van der Waals surface area contributed by atoms with E-state index in [0.29, 0.717) is 26.7 Å². The average Bonchev–Trinajstić information content (AvgIpc) is 3.55. The Labute approximate surface area is 246 Å². The van der Waals surface area contributed by atoms with Gasteiger partial charge in [0.15, 0.2) is 0 Å². The summed E-state index contributed by atoms with van der Waals surface area (Å²) in [5.41, 5.74) is -1.69. The number of rotatable bonds is 11. The lowest BCUT2D eigenvalue weighted by Gasteiger charge is -2.26. The van der Waals surface area contributed by atoms with Crippen LogP contribution in [-0.2, 0) is 16.1 Å². The van der Waals surface area contributed by atoms with Crippen molar-refractivity contribution in [3.05, 3.63) is 74.4 Å². The lowest BCUT2D eigenvalue weighted by Crippen LogP contribution is -2.47. The molecule has 0 radical (unpaired) electrons. The van der Waals surface area contributed by atoms with Gasteiger partial charge in [-0.3, -0.25) is 14.2 Å². The van der Waals surface area contributed by atoms with Gasteiger partial charge < -0.3 is 19.9 Å². The number of thiophene rings is 1. The number of nitrogens with zero attached hydrogens (tertiary/aromatic N) is 4. The van der Waals surface area contributed by atoms with E-state index in [-0.39, 0.29) is 24.6 Å². The molecule has 1 unspecified atom stereocenters. The molecule has 3 heterocycles. The number of amides is 1. The third kappa shape index (κ3) is 6.32. The molecule has 13 heteroatoms. The number of hydrogen-bond acceptors (Lipinski definition) is 8. The molecule has 42 heavy (non-hydrogen) atoms. The first-order valence-corrected chi connectivity index (χ1v) is 14.3. The normalized spacial score (nSPS) is 13.5. The lowest BCUT2D eigenvalue weighted by molar-refractivity contribution is -0.124. The number of hydrogen-bond donors (Lipinski definition) is 2. The van der Waals surface area contributed by atoms with E-state index < -0.39 is 40.7 Å². The molecular weight excluding hydrogens is 565 g/mol. The number of methoxy groups -OCH3 is 1. The maximum atomic E-state index is 14.5. The Balaban J connectivity index is 2.00. The molecule has 4 aromatic rings. The number of benzene rings is 1. The summed E-state index contributed by atoms with van der Waals surface area (Å²) in [6.07, 6.45) is 2.35. The zero-order chi connectivity index (χ0) is 30.9. The Morgan fingerprint density at radius 2 is 1.95 bits per heavy atom. The van der Waals surface area contributed by atoms with Crippen molar-refractivity contribution >= 4 is 27.5 Å². The van der Waals surface area contributed by atoms with Crippen LogP contribution in [0.2, 0.25) is 0 Å². The van der Waals surface area contributed by atoms with E-state index in [2.05, 4.69) is 10.4 Å². The fourth-order valence-corrected chi connectivity index (χ4v) is 5.90. The van der Waals surface area contributed by atoms with E-state index in [0.717, 1.165) is 4.57 Å². The molecule has 0 fully saturated rings. The second kappa shape index (κ2) is 12.2.